The highest BCUT2D eigenvalue weighted by molar-refractivity contribution is 5.97. The van der Waals surface area contributed by atoms with Crippen molar-refractivity contribution in [3.63, 3.8) is 0 Å². The number of ether oxygens (including phenoxy) is 1. The van der Waals surface area contributed by atoms with Gasteiger partial charge in [0.1, 0.15) is 12.6 Å². The van der Waals surface area contributed by atoms with E-state index >= 15 is 0 Å². The molecule has 0 radical (unpaired) electrons. The number of nitrogens with zero attached hydrogens (tertiary/aromatic N) is 2. The maximum atomic E-state index is 13.9. The fourth-order valence-corrected chi connectivity index (χ4v) is 4.36. The third-order valence-corrected chi connectivity index (χ3v) is 6.19. The molecular weight excluding hydrogens is 430 g/mol. The fourth-order valence-electron chi connectivity index (χ4n) is 4.36. The molecule has 1 aliphatic carbocycles. The highest BCUT2D eigenvalue weighted by Gasteiger charge is 2.32. The van der Waals surface area contributed by atoms with Crippen LogP contribution in [-0.2, 0) is 14.3 Å². The minimum Gasteiger partial charge on any atom is -0.370 e. The smallest absolute Gasteiger partial charge is 0.265 e. The molecule has 1 heterocycles. The first-order chi connectivity index (χ1) is 15.6. The van der Waals surface area contributed by atoms with E-state index in [4.69, 9.17) is 10.5 Å². The Morgan fingerprint density at radius 2 is 2.06 bits per heavy atom. The number of carbonyl (C=O) groups is 2. The van der Waals surface area contributed by atoms with Crippen LogP contribution in [0.1, 0.15) is 52.0 Å². The number of carbonyl (C=O) groups excluding carboxylic acids is 2. The molecule has 1 saturated heterocycles. The predicted octanol–water partition coefficient (Wildman–Crippen LogP) is 3.40. The van der Waals surface area contributed by atoms with Gasteiger partial charge in [-0.2, -0.15) is 0 Å². The summed E-state index contributed by atoms with van der Waals surface area (Å²) in [6.45, 7) is 8.42. The first-order valence-electron chi connectivity index (χ1n) is 11.6. The molecule has 2 amide bonds. The summed E-state index contributed by atoms with van der Waals surface area (Å²) in [6.07, 6.45) is 0.657. The molecule has 0 spiro atoms. The van der Waals surface area contributed by atoms with Crippen molar-refractivity contribution in [2.75, 3.05) is 49.6 Å². The molecule has 1 atom stereocenters. The number of alkyl halides is 2. The van der Waals surface area contributed by atoms with Crippen LogP contribution in [0, 0.1) is 11.3 Å². The minimum absolute atomic E-state index is 0.0391. The molecule has 0 aromatic heterocycles. The monoisotopic (exact) mass is 466 g/mol. The SMILES string of the molecule is CC(C)(C)CN(CC1CCC1)[C@H](CN)C(=O)Nc1ccc(N2CCOCC2=O)cc1C(F)F. The Bertz CT molecular complexity index is 839. The molecule has 0 unspecified atom stereocenters. The number of nitrogens with one attached hydrogen (secondary N) is 1. The Morgan fingerprint density at radius 3 is 2.61 bits per heavy atom. The number of nitrogens with two attached hydrogens (primary N) is 1. The lowest BCUT2D eigenvalue weighted by Gasteiger charge is -2.39. The maximum absolute atomic E-state index is 13.9. The van der Waals surface area contributed by atoms with Crippen LogP contribution in [0.3, 0.4) is 0 Å². The number of anilines is 2. The summed E-state index contributed by atoms with van der Waals surface area (Å²) in [4.78, 5) is 28.8. The van der Waals surface area contributed by atoms with Crippen LogP contribution >= 0.6 is 0 Å². The van der Waals surface area contributed by atoms with Crippen LogP contribution in [-0.4, -0.2) is 62.1 Å². The molecule has 0 bridgehead atoms. The van der Waals surface area contributed by atoms with Gasteiger partial charge in [-0.05, 0) is 42.4 Å². The van der Waals surface area contributed by atoms with Crippen LogP contribution in [0.15, 0.2) is 18.2 Å². The highest BCUT2D eigenvalue weighted by atomic mass is 19.3. The summed E-state index contributed by atoms with van der Waals surface area (Å²) in [5.74, 6) is -0.135. The third-order valence-electron chi connectivity index (χ3n) is 6.19. The zero-order valence-electron chi connectivity index (χ0n) is 19.8. The number of rotatable bonds is 9. The van der Waals surface area contributed by atoms with Crippen LogP contribution in [0.25, 0.3) is 0 Å². The van der Waals surface area contributed by atoms with E-state index in [0.717, 1.165) is 19.4 Å². The van der Waals surface area contributed by atoms with Crippen molar-refractivity contribution in [3.05, 3.63) is 23.8 Å². The number of halogens is 2. The summed E-state index contributed by atoms with van der Waals surface area (Å²) < 4.78 is 32.9. The van der Waals surface area contributed by atoms with E-state index in [9.17, 15) is 18.4 Å². The fraction of sp³-hybridized carbons (Fsp3) is 0.667. The second kappa shape index (κ2) is 10.9. The maximum Gasteiger partial charge on any atom is 0.265 e. The van der Waals surface area contributed by atoms with Gasteiger partial charge in [0.25, 0.3) is 12.3 Å². The average Bonchev–Trinajstić information content (AvgIpc) is 2.70. The Kier molecular flexibility index (Phi) is 8.42. The van der Waals surface area contributed by atoms with Gasteiger partial charge in [-0.15, -0.1) is 0 Å². The first kappa shape index (κ1) is 25.5. The first-order valence-corrected chi connectivity index (χ1v) is 11.6. The lowest BCUT2D eigenvalue weighted by Crippen LogP contribution is -2.53. The molecule has 1 aromatic carbocycles. The Labute approximate surface area is 194 Å². The van der Waals surface area contributed by atoms with Gasteiger partial charge in [-0.1, -0.05) is 27.2 Å². The Balaban J connectivity index is 1.80. The summed E-state index contributed by atoms with van der Waals surface area (Å²) in [5, 5.41) is 2.69. The van der Waals surface area contributed by atoms with E-state index in [1.165, 1.54) is 23.5 Å². The van der Waals surface area contributed by atoms with Crippen molar-refractivity contribution in [2.45, 2.75) is 52.5 Å². The second-order valence-corrected chi connectivity index (χ2v) is 10.2. The number of hydrogen-bond acceptors (Lipinski definition) is 5. The number of amides is 2. The van der Waals surface area contributed by atoms with Crippen LogP contribution < -0.4 is 16.0 Å². The van der Waals surface area contributed by atoms with E-state index in [2.05, 4.69) is 31.0 Å². The van der Waals surface area contributed by atoms with Gasteiger partial charge in [0.2, 0.25) is 5.91 Å². The molecule has 1 aliphatic heterocycles. The molecule has 9 heteroatoms. The van der Waals surface area contributed by atoms with Crippen molar-refractivity contribution in [1.29, 1.82) is 0 Å². The molecular formula is C24H36F2N4O3. The number of benzene rings is 1. The molecule has 2 aliphatic rings. The molecule has 3 N–H and O–H groups in total. The van der Waals surface area contributed by atoms with E-state index in [0.29, 0.717) is 31.3 Å². The molecule has 7 nitrogen and oxygen atoms in total. The zero-order valence-corrected chi connectivity index (χ0v) is 19.8. The van der Waals surface area contributed by atoms with E-state index in [1.807, 2.05) is 0 Å². The van der Waals surface area contributed by atoms with Crippen LogP contribution in [0.4, 0.5) is 20.2 Å². The van der Waals surface area contributed by atoms with Crippen molar-refractivity contribution in [2.24, 2.45) is 17.1 Å². The quantitative estimate of drug-likeness (QED) is 0.582. The summed E-state index contributed by atoms with van der Waals surface area (Å²) in [6, 6.07) is 3.66. The molecule has 1 saturated carbocycles. The van der Waals surface area contributed by atoms with Gasteiger partial charge in [-0.3, -0.25) is 14.5 Å². The molecule has 2 fully saturated rings. The van der Waals surface area contributed by atoms with E-state index < -0.39 is 18.4 Å². The van der Waals surface area contributed by atoms with Crippen molar-refractivity contribution >= 4 is 23.2 Å². The summed E-state index contributed by atoms with van der Waals surface area (Å²) in [5.41, 5.74) is 6.05. The topological polar surface area (TPSA) is 87.9 Å². The molecule has 3 rings (SSSR count). The van der Waals surface area contributed by atoms with Gasteiger partial charge in [0, 0.05) is 43.1 Å². The third kappa shape index (κ3) is 6.71. The summed E-state index contributed by atoms with van der Waals surface area (Å²) >= 11 is 0. The molecule has 1 aromatic rings. The Morgan fingerprint density at radius 1 is 1.33 bits per heavy atom. The van der Waals surface area contributed by atoms with E-state index in [-0.39, 0.29) is 35.7 Å². The number of hydrogen-bond donors (Lipinski definition) is 2. The normalized spacial score (nSPS) is 18.5. The minimum atomic E-state index is -2.81. The van der Waals surface area contributed by atoms with Gasteiger partial charge < -0.3 is 20.7 Å². The molecule has 33 heavy (non-hydrogen) atoms. The average molecular weight is 467 g/mol. The van der Waals surface area contributed by atoms with E-state index in [1.54, 1.807) is 6.07 Å². The van der Waals surface area contributed by atoms with Gasteiger partial charge in [0.15, 0.2) is 0 Å². The van der Waals surface area contributed by atoms with Crippen LogP contribution in [0.2, 0.25) is 0 Å². The van der Waals surface area contributed by atoms with Crippen molar-refractivity contribution in [3.8, 4) is 0 Å². The standard InChI is InChI=1S/C24H36F2N4O3/c1-24(2,3)15-29(13-16-5-4-6-16)20(12-27)23(32)28-19-8-7-17(11-18(19)22(25)26)30-9-10-33-14-21(30)31/h7-8,11,16,20,22H,4-6,9-10,12-15,27H2,1-3H3,(H,28,32)/t20-/m1/s1. The lowest BCUT2D eigenvalue weighted by molar-refractivity contribution is -0.125. The largest absolute Gasteiger partial charge is 0.370 e. The predicted molar refractivity (Wildman–Crippen MR) is 124 cm³/mol. The van der Waals surface area contributed by atoms with Crippen LogP contribution in [0.5, 0.6) is 0 Å². The summed E-state index contributed by atoms with van der Waals surface area (Å²) in [7, 11) is 0. The van der Waals surface area contributed by atoms with Crippen molar-refractivity contribution in [1.82, 2.24) is 4.90 Å². The number of morpholine rings is 1. The Hall–Kier alpha value is -2.10. The van der Waals surface area contributed by atoms with Gasteiger partial charge in [0.05, 0.1) is 6.61 Å². The second-order valence-electron chi connectivity index (χ2n) is 10.2. The molecule has 184 valence electrons. The highest BCUT2D eigenvalue weighted by Crippen LogP contribution is 2.33. The van der Waals surface area contributed by atoms with Gasteiger partial charge in [-0.25, -0.2) is 8.78 Å². The van der Waals surface area contributed by atoms with Crippen molar-refractivity contribution < 1.29 is 23.1 Å². The van der Waals surface area contributed by atoms with Gasteiger partial charge >= 0.3 is 0 Å². The zero-order chi connectivity index (χ0) is 24.2. The lowest BCUT2D eigenvalue weighted by atomic mass is 9.84.